The fourth-order valence-electron chi connectivity index (χ4n) is 1.32. The van der Waals surface area contributed by atoms with Crippen molar-refractivity contribution in [1.29, 1.82) is 0 Å². The lowest BCUT2D eigenvalue weighted by Gasteiger charge is -2.17. The van der Waals surface area contributed by atoms with Crippen molar-refractivity contribution in [2.24, 2.45) is 0 Å². The molecule has 1 aromatic carbocycles. The van der Waals surface area contributed by atoms with E-state index in [1.54, 1.807) is 12.1 Å². The summed E-state index contributed by atoms with van der Waals surface area (Å²) in [7, 11) is 0. The summed E-state index contributed by atoms with van der Waals surface area (Å²) in [5.41, 5.74) is 0.653. The molecule has 0 saturated heterocycles. The molecule has 1 rings (SSSR count). The average molecular weight is 319 g/mol. The standard InChI is InChI=1S/C12H15BrO5/c1-3-17-10-5-8(6-14)4-9(13)11(10)18-7(2)12(15)16/h4-5,7,14H,3,6H2,1-2H3,(H,15,16). The summed E-state index contributed by atoms with van der Waals surface area (Å²) in [6, 6.07) is 3.28. The first kappa shape index (κ1) is 14.8. The number of carbonyl (C=O) groups is 1. The average Bonchev–Trinajstić information content (AvgIpc) is 2.32. The van der Waals surface area contributed by atoms with E-state index in [1.807, 2.05) is 6.92 Å². The molecule has 100 valence electrons. The maximum Gasteiger partial charge on any atom is 0.344 e. The van der Waals surface area contributed by atoms with Crippen molar-refractivity contribution in [3.63, 3.8) is 0 Å². The van der Waals surface area contributed by atoms with E-state index in [0.29, 0.717) is 28.1 Å². The van der Waals surface area contributed by atoms with E-state index in [2.05, 4.69) is 15.9 Å². The Morgan fingerprint density at radius 2 is 2.17 bits per heavy atom. The van der Waals surface area contributed by atoms with E-state index >= 15 is 0 Å². The maximum atomic E-state index is 10.8. The number of ether oxygens (including phenoxy) is 2. The molecule has 1 atom stereocenters. The number of aliphatic hydroxyl groups is 1. The zero-order valence-corrected chi connectivity index (χ0v) is 11.7. The topological polar surface area (TPSA) is 76.0 Å². The van der Waals surface area contributed by atoms with Crippen LogP contribution in [0.5, 0.6) is 11.5 Å². The van der Waals surface area contributed by atoms with Crippen LogP contribution in [0.3, 0.4) is 0 Å². The van der Waals surface area contributed by atoms with Crippen molar-refractivity contribution in [2.45, 2.75) is 26.6 Å². The summed E-state index contributed by atoms with van der Waals surface area (Å²) in [6.07, 6.45) is -0.986. The fourth-order valence-corrected chi connectivity index (χ4v) is 1.90. The van der Waals surface area contributed by atoms with E-state index in [-0.39, 0.29) is 6.61 Å². The molecule has 0 fully saturated rings. The fraction of sp³-hybridized carbons (Fsp3) is 0.417. The summed E-state index contributed by atoms with van der Waals surface area (Å²) < 4.78 is 11.3. The van der Waals surface area contributed by atoms with Crippen molar-refractivity contribution in [1.82, 2.24) is 0 Å². The Morgan fingerprint density at radius 1 is 1.50 bits per heavy atom. The number of carboxylic acids is 1. The zero-order chi connectivity index (χ0) is 13.7. The quantitative estimate of drug-likeness (QED) is 0.840. The maximum absolute atomic E-state index is 10.8. The molecule has 2 N–H and O–H groups in total. The van der Waals surface area contributed by atoms with Crippen LogP contribution in [0.25, 0.3) is 0 Å². The minimum absolute atomic E-state index is 0.132. The third-order valence-electron chi connectivity index (χ3n) is 2.19. The first-order valence-corrected chi connectivity index (χ1v) is 6.24. The minimum atomic E-state index is -1.06. The van der Waals surface area contributed by atoms with Crippen molar-refractivity contribution in [2.75, 3.05) is 6.61 Å². The summed E-state index contributed by atoms with van der Waals surface area (Å²) in [6.45, 7) is 3.53. The number of benzene rings is 1. The van der Waals surface area contributed by atoms with Gasteiger partial charge in [0.15, 0.2) is 17.6 Å². The number of carboxylic acid groups (broad SMARTS) is 1. The number of rotatable bonds is 6. The largest absolute Gasteiger partial charge is 0.490 e. The van der Waals surface area contributed by atoms with E-state index in [0.717, 1.165) is 0 Å². The molecule has 0 spiro atoms. The van der Waals surface area contributed by atoms with Gasteiger partial charge in [-0.2, -0.15) is 0 Å². The molecule has 5 nitrogen and oxygen atoms in total. The van der Waals surface area contributed by atoms with Crippen LogP contribution in [-0.4, -0.2) is 28.9 Å². The van der Waals surface area contributed by atoms with Gasteiger partial charge in [0.1, 0.15) is 0 Å². The van der Waals surface area contributed by atoms with Gasteiger partial charge in [0, 0.05) is 0 Å². The Morgan fingerprint density at radius 3 is 2.67 bits per heavy atom. The number of hydrogen-bond donors (Lipinski definition) is 2. The Balaban J connectivity index is 3.11. The Labute approximate surface area is 113 Å². The lowest BCUT2D eigenvalue weighted by atomic mass is 10.2. The molecule has 18 heavy (non-hydrogen) atoms. The molecule has 6 heteroatoms. The van der Waals surface area contributed by atoms with Gasteiger partial charge in [-0.25, -0.2) is 4.79 Å². The predicted octanol–water partition coefficient (Wildman–Crippen LogP) is 2.19. The van der Waals surface area contributed by atoms with Gasteiger partial charge in [-0.3, -0.25) is 0 Å². The highest BCUT2D eigenvalue weighted by Gasteiger charge is 2.18. The van der Waals surface area contributed by atoms with Crippen LogP contribution < -0.4 is 9.47 Å². The third-order valence-corrected chi connectivity index (χ3v) is 2.78. The highest BCUT2D eigenvalue weighted by atomic mass is 79.9. The van der Waals surface area contributed by atoms with Crippen molar-refractivity contribution in [3.8, 4) is 11.5 Å². The SMILES string of the molecule is CCOc1cc(CO)cc(Br)c1OC(C)C(=O)O. The highest BCUT2D eigenvalue weighted by molar-refractivity contribution is 9.10. The van der Waals surface area contributed by atoms with Crippen LogP contribution >= 0.6 is 15.9 Å². The smallest absolute Gasteiger partial charge is 0.344 e. The van der Waals surface area contributed by atoms with Crippen LogP contribution in [0, 0.1) is 0 Å². The van der Waals surface area contributed by atoms with Gasteiger partial charge in [-0.1, -0.05) is 0 Å². The first-order chi connectivity index (χ1) is 8.49. The van der Waals surface area contributed by atoms with Gasteiger partial charge in [0.2, 0.25) is 0 Å². The number of halogens is 1. The van der Waals surface area contributed by atoms with E-state index in [1.165, 1.54) is 6.92 Å². The number of hydrogen-bond acceptors (Lipinski definition) is 4. The predicted molar refractivity (Wildman–Crippen MR) is 69.0 cm³/mol. The summed E-state index contributed by atoms with van der Waals surface area (Å²) in [5.74, 6) is -0.330. The Kier molecular flexibility index (Phi) is 5.43. The van der Waals surface area contributed by atoms with Gasteiger partial charge < -0.3 is 19.7 Å². The Hall–Kier alpha value is -1.27. The van der Waals surface area contributed by atoms with Crippen LogP contribution in [0.4, 0.5) is 0 Å². The van der Waals surface area contributed by atoms with Gasteiger partial charge in [0.25, 0.3) is 0 Å². The van der Waals surface area contributed by atoms with E-state index < -0.39 is 12.1 Å². The molecule has 0 radical (unpaired) electrons. The molecule has 0 aliphatic carbocycles. The molecule has 0 bridgehead atoms. The second-order valence-corrected chi connectivity index (χ2v) is 4.45. The third kappa shape index (κ3) is 3.61. The highest BCUT2D eigenvalue weighted by Crippen LogP contribution is 2.37. The van der Waals surface area contributed by atoms with Gasteiger partial charge in [-0.15, -0.1) is 0 Å². The molecular weight excluding hydrogens is 304 g/mol. The van der Waals surface area contributed by atoms with Crippen molar-refractivity contribution in [3.05, 3.63) is 22.2 Å². The number of aliphatic hydroxyl groups excluding tert-OH is 1. The van der Waals surface area contributed by atoms with Crippen LogP contribution in [0.2, 0.25) is 0 Å². The molecule has 1 aromatic rings. The minimum Gasteiger partial charge on any atom is -0.490 e. The normalized spacial score (nSPS) is 12.0. The second kappa shape index (κ2) is 6.61. The van der Waals surface area contributed by atoms with Crippen LogP contribution in [0.1, 0.15) is 19.4 Å². The van der Waals surface area contributed by atoms with Crippen molar-refractivity contribution < 1.29 is 24.5 Å². The molecule has 0 aliphatic rings. The molecule has 0 heterocycles. The van der Waals surface area contributed by atoms with E-state index in [4.69, 9.17) is 19.7 Å². The van der Waals surface area contributed by atoms with Gasteiger partial charge in [-0.05, 0) is 47.5 Å². The number of aliphatic carboxylic acids is 1. The lowest BCUT2D eigenvalue weighted by Crippen LogP contribution is -2.23. The van der Waals surface area contributed by atoms with Gasteiger partial charge in [0.05, 0.1) is 17.7 Å². The molecule has 0 saturated carbocycles. The molecule has 0 amide bonds. The van der Waals surface area contributed by atoms with Crippen LogP contribution in [0.15, 0.2) is 16.6 Å². The zero-order valence-electron chi connectivity index (χ0n) is 10.1. The molecule has 0 aliphatic heterocycles. The molecule has 0 aromatic heterocycles. The second-order valence-electron chi connectivity index (χ2n) is 3.59. The summed E-state index contributed by atoms with van der Waals surface area (Å²) in [4.78, 5) is 10.8. The summed E-state index contributed by atoms with van der Waals surface area (Å²) in [5, 5.41) is 17.9. The molecular formula is C12H15BrO5. The van der Waals surface area contributed by atoms with Gasteiger partial charge >= 0.3 is 5.97 Å². The van der Waals surface area contributed by atoms with E-state index in [9.17, 15) is 4.79 Å². The van der Waals surface area contributed by atoms with Crippen LogP contribution in [-0.2, 0) is 11.4 Å². The monoisotopic (exact) mass is 318 g/mol. The Bertz CT molecular complexity index is 433. The molecule has 1 unspecified atom stereocenters. The van der Waals surface area contributed by atoms with Crippen molar-refractivity contribution >= 4 is 21.9 Å². The first-order valence-electron chi connectivity index (χ1n) is 5.45. The summed E-state index contributed by atoms with van der Waals surface area (Å²) >= 11 is 3.28. The lowest BCUT2D eigenvalue weighted by molar-refractivity contribution is -0.144.